The van der Waals surface area contributed by atoms with Crippen molar-refractivity contribution in [1.29, 1.82) is 0 Å². The van der Waals surface area contributed by atoms with Crippen molar-refractivity contribution >= 4 is 22.6 Å². The summed E-state index contributed by atoms with van der Waals surface area (Å²) in [6.45, 7) is 14.0. The van der Waals surface area contributed by atoms with Gasteiger partial charge in [0.25, 0.3) is 14.3 Å². The molecule has 3 nitrogen and oxygen atoms in total. The lowest BCUT2D eigenvalue weighted by atomic mass is 9.97. The van der Waals surface area contributed by atoms with Crippen LogP contribution in [0.25, 0.3) is 0 Å². The largest absolute Gasteiger partial charge is 0.519 e. The number of carbonyl (C=O) groups is 1. The molecule has 0 aliphatic heterocycles. The molecule has 5 heteroatoms. The van der Waals surface area contributed by atoms with Crippen LogP contribution in [0.3, 0.4) is 0 Å². The summed E-state index contributed by atoms with van der Waals surface area (Å²) in [7, 11) is -4.99. The molecule has 0 fully saturated rings. The van der Waals surface area contributed by atoms with E-state index in [2.05, 4.69) is 20.8 Å². The zero-order valence-electron chi connectivity index (χ0n) is 25.9. The fourth-order valence-electron chi connectivity index (χ4n) is 2.33. The molecule has 0 heterocycles. The van der Waals surface area contributed by atoms with E-state index in [0.717, 1.165) is 5.56 Å². The van der Waals surface area contributed by atoms with Gasteiger partial charge < -0.3 is 8.85 Å². The third-order valence-corrected chi connectivity index (χ3v) is 15.1. The zero-order valence-corrected chi connectivity index (χ0v) is 21.9. The van der Waals surface area contributed by atoms with Crippen molar-refractivity contribution in [2.75, 3.05) is 0 Å². The van der Waals surface area contributed by atoms with Crippen LogP contribution in [0, 0.1) is 0 Å². The fourth-order valence-corrected chi connectivity index (χ4v) is 4.52. The van der Waals surface area contributed by atoms with Gasteiger partial charge in [0.05, 0.1) is 12.0 Å². The molecule has 0 amide bonds. The summed E-state index contributed by atoms with van der Waals surface area (Å²) >= 11 is 0. The minimum absolute atomic E-state index is 0.0927. The smallest absolute Gasteiger partial charge is 0.296 e. The SMILES string of the molecule is [2H]C([2H])([2H])C(Cc1ccc(CC(=O)O[Si](C)(C)C(C)(C)C)cc1)(O[Si](C)(C)C(C)(C)C)C([2H])([2H])[2H]. The van der Waals surface area contributed by atoms with E-state index in [1.165, 1.54) is 0 Å². The van der Waals surface area contributed by atoms with E-state index in [-0.39, 0.29) is 28.9 Å². The van der Waals surface area contributed by atoms with E-state index in [0.29, 0.717) is 5.56 Å². The Morgan fingerprint density at radius 2 is 1.31 bits per heavy atom. The lowest BCUT2D eigenvalue weighted by Crippen LogP contribution is -2.48. The predicted molar refractivity (Wildman–Crippen MR) is 130 cm³/mol. The second-order valence-electron chi connectivity index (χ2n) is 11.1. The Balaban J connectivity index is 3.27. The number of hydrogen-bond donors (Lipinski definition) is 0. The summed E-state index contributed by atoms with van der Waals surface area (Å²) in [6.07, 6.45) is -0.196. The Hall–Kier alpha value is -0.916. The number of benzene rings is 1. The summed E-state index contributed by atoms with van der Waals surface area (Å²) in [4.78, 5) is 12.6. The normalized spacial score (nSPS) is 18.0. The van der Waals surface area contributed by atoms with Crippen molar-refractivity contribution in [2.24, 2.45) is 0 Å². The average Bonchev–Trinajstić information content (AvgIpc) is 2.58. The van der Waals surface area contributed by atoms with Crippen molar-refractivity contribution in [2.45, 2.75) is 110 Å². The van der Waals surface area contributed by atoms with Crippen molar-refractivity contribution in [3.8, 4) is 0 Å². The minimum atomic E-state index is -2.88. The Morgan fingerprint density at radius 3 is 1.72 bits per heavy atom. The van der Waals surface area contributed by atoms with Crippen molar-refractivity contribution in [1.82, 2.24) is 0 Å². The molecule has 0 atom stereocenters. The highest BCUT2D eigenvalue weighted by Gasteiger charge is 2.42. The van der Waals surface area contributed by atoms with Gasteiger partial charge in [-0.3, -0.25) is 4.79 Å². The molecule has 0 aromatic heterocycles. The molecule has 0 aliphatic carbocycles. The monoisotopic (exact) mass is 442 g/mol. The van der Waals surface area contributed by atoms with E-state index in [9.17, 15) is 4.79 Å². The third kappa shape index (κ3) is 7.69. The lowest BCUT2D eigenvalue weighted by molar-refractivity contribution is -0.134. The fraction of sp³-hybridized carbons (Fsp3) is 0.708. The van der Waals surface area contributed by atoms with Crippen molar-refractivity contribution < 1.29 is 21.9 Å². The first-order valence-electron chi connectivity index (χ1n) is 13.3. The standard InChI is InChI=1S/C24H44O3Si2/c1-22(2,3)28(9,10)26-21(25)17-19-13-15-20(16-14-19)18-24(7,8)27-29(11,12)23(4,5)6/h13-16H,17-18H2,1-12H3/i7D3,8D3. The average molecular weight is 443 g/mol. The van der Waals surface area contributed by atoms with Gasteiger partial charge in [0.2, 0.25) is 0 Å². The molecule has 0 saturated carbocycles. The molecule has 0 spiro atoms. The van der Waals surface area contributed by atoms with Crippen LogP contribution >= 0.6 is 0 Å². The molecule has 0 saturated heterocycles. The number of carbonyl (C=O) groups excluding carboxylic acids is 1. The van der Waals surface area contributed by atoms with Crippen molar-refractivity contribution in [3.05, 3.63) is 35.4 Å². The molecule has 1 rings (SSSR count). The lowest BCUT2D eigenvalue weighted by Gasteiger charge is -2.43. The molecule has 1 aromatic rings. The molecule has 0 unspecified atom stereocenters. The van der Waals surface area contributed by atoms with Gasteiger partial charge in [0.1, 0.15) is 0 Å². The van der Waals surface area contributed by atoms with E-state index >= 15 is 0 Å². The number of hydrogen-bond acceptors (Lipinski definition) is 3. The highest BCUT2D eigenvalue weighted by Crippen LogP contribution is 2.40. The van der Waals surface area contributed by atoms with E-state index in [1.807, 2.05) is 47.0 Å². The van der Waals surface area contributed by atoms with Crippen LogP contribution in [-0.2, 0) is 26.5 Å². The Bertz CT molecular complexity index is 863. The first kappa shape index (κ1) is 17.7. The van der Waals surface area contributed by atoms with E-state index < -0.39 is 35.9 Å². The van der Waals surface area contributed by atoms with Gasteiger partial charge in [0, 0.05) is 8.22 Å². The minimum Gasteiger partial charge on any atom is -0.519 e. The highest BCUT2D eigenvalue weighted by molar-refractivity contribution is 6.75. The summed E-state index contributed by atoms with van der Waals surface area (Å²) < 4.78 is 61.3. The van der Waals surface area contributed by atoms with E-state index in [4.69, 9.17) is 17.1 Å². The molecule has 166 valence electrons. The van der Waals surface area contributed by atoms with Crippen LogP contribution in [-0.4, -0.2) is 28.2 Å². The van der Waals surface area contributed by atoms with Gasteiger partial charge >= 0.3 is 0 Å². The zero-order chi connectivity index (χ0) is 27.9. The summed E-state index contributed by atoms with van der Waals surface area (Å²) in [5, 5.41) is -0.465. The molecule has 0 aliphatic rings. The maximum Gasteiger partial charge on any atom is 0.296 e. The quantitative estimate of drug-likeness (QED) is 0.422. The van der Waals surface area contributed by atoms with Crippen LogP contribution in [0.4, 0.5) is 0 Å². The maximum absolute atomic E-state index is 12.6. The van der Waals surface area contributed by atoms with Crippen LogP contribution < -0.4 is 0 Å². The summed E-state index contributed by atoms with van der Waals surface area (Å²) in [5.74, 6) is -0.301. The molecule has 29 heavy (non-hydrogen) atoms. The summed E-state index contributed by atoms with van der Waals surface area (Å²) in [6, 6.07) is 6.79. The second-order valence-corrected chi connectivity index (χ2v) is 20.5. The Labute approximate surface area is 190 Å². The van der Waals surface area contributed by atoms with Gasteiger partial charge in [-0.25, -0.2) is 0 Å². The molecular weight excluding hydrogens is 392 g/mol. The molecule has 0 bridgehead atoms. The first-order valence-corrected chi connectivity index (χ1v) is 16.1. The molecule has 0 radical (unpaired) electrons. The molecular formula is C24H44O3Si2. The second kappa shape index (κ2) is 8.68. The van der Waals surface area contributed by atoms with Crippen molar-refractivity contribution in [3.63, 3.8) is 0 Å². The third-order valence-electron chi connectivity index (χ3n) is 6.24. The molecule has 1 aromatic carbocycles. The van der Waals surface area contributed by atoms with Gasteiger partial charge in [-0.05, 0) is 67.5 Å². The van der Waals surface area contributed by atoms with Crippen LogP contribution in [0.2, 0.25) is 36.3 Å². The summed E-state index contributed by atoms with van der Waals surface area (Å²) in [5.41, 5.74) is -1.10. The highest BCUT2D eigenvalue weighted by atomic mass is 28.4. The van der Waals surface area contributed by atoms with Crippen LogP contribution in [0.15, 0.2) is 24.3 Å². The topological polar surface area (TPSA) is 35.5 Å². The van der Waals surface area contributed by atoms with Gasteiger partial charge in [0.15, 0.2) is 8.32 Å². The van der Waals surface area contributed by atoms with Crippen LogP contribution in [0.1, 0.15) is 74.6 Å². The molecule has 0 N–H and O–H groups in total. The Kier molecular flexibility index (Phi) is 5.31. The Morgan fingerprint density at radius 1 is 0.862 bits per heavy atom. The predicted octanol–water partition coefficient (Wildman–Crippen LogP) is 7.12. The number of rotatable bonds is 7. The van der Waals surface area contributed by atoms with Crippen LogP contribution in [0.5, 0.6) is 0 Å². The maximum atomic E-state index is 12.6. The van der Waals surface area contributed by atoms with Gasteiger partial charge in [-0.1, -0.05) is 65.8 Å². The van der Waals surface area contributed by atoms with E-state index in [1.54, 1.807) is 24.3 Å². The van der Waals surface area contributed by atoms with Gasteiger partial charge in [-0.15, -0.1) is 0 Å². The van der Waals surface area contributed by atoms with Gasteiger partial charge in [-0.2, -0.15) is 0 Å². The first-order chi connectivity index (χ1) is 15.3.